The summed E-state index contributed by atoms with van der Waals surface area (Å²) in [5, 5.41) is 25.1. The van der Waals surface area contributed by atoms with Crippen LogP contribution in [-0.4, -0.2) is 33.2 Å². The van der Waals surface area contributed by atoms with Crippen molar-refractivity contribution in [2.24, 2.45) is 5.73 Å². The molecule has 14 heavy (non-hydrogen) atoms. The van der Waals surface area contributed by atoms with E-state index in [4.69, 9.17) is 21.1 Å². The topological polar surface area (TPSA) is 138 Å². The van der Waals surface area contributed by atoms with Gasteiger partial charge >= 0.3 is 17.9 Å². The number of carboxylic acid groups (broad SMARTS) is 3. The largest absolute Gasteiger partial charge is 0.481 e. The molecule has 0 saturated carbocycles. The van der Waals surface area contributed by atoms with Gasteiger partial charge in [0.05, 0.1) is 12.8 Å². The fourth-order valence-electron chi connectivity index (χ4n) is 0.769. The van der Waals surface area contributed by atoms with Crippen LogP contribution in [0, 0.1) is 0 Å². The van der Waals surface area contributed by atoms with E-state index in [0.29, 0.717) is 0 Å². The minimum absolute atomic E-state index is 0.322. The van der Waals surface area contributed by atoms with Crippen LogP contribution < -0.4 is 5.73 Å². The number of rotatable bonds is 5. The fourth-order valence-corrected chi connectivity index (χ4v) is 0.769. The van der Waals surface area contributed by atoms with Crippen LogP contribution in [-0.2, 0) is 14.4 Å². The number of carboxylic acids is 3. The van der Waals surface area contributed by atoms with E-state index in [-0.39, 0.29) is 5.57 Å². The molecule has 0 rings (SSSR count). The van der Waals surface area contributed by atoms with E-state index in [1.807, 2.05) is 0 Å². The highest BCUT2D eigenvalue weighted by atomic mass is 16.4. The number of carbonyl (C=O) groups is 3. The van der Waals surface area contributed by atoms with Gasteiger partial charge in [-0.3, -0.25) is 9.59 Å². The maximum atomic E-state index is 10.3. The lowest BCUT2D eigenvalue weighted by atomic mass is 10.1. The molecule has 0 radical (unpaired) electrons. The Morgan fingerprint density at radius 1 is 0.929 bits per heavy atom. The molecule has 0 spiro atoms. The van der Waals surface area contributed by atoms with E-state index in [1.165, 1.54) is 0 Å². The summed E-state index contributed by atoms with van der Waals surface area (Å²) < 4.78 is 0. The average Bonchev–Trinajstić information content (AvgIpc) is 1.99. The van der Waals surface area contributed by atoms with Crippen LogP contribution in [0.4, 0.5) is 0 Å². The molecule has 7 nitrogen and oxygen atoms in total. The van der Waals surface area contributed by atoms with Crippen molar-refractivity contribution < 1.29 is 29.7 Å². The van der Waals surface area contributed by atoms with Crippen LogP contribution in [0.3, 0.4) is 0 Å². The molecule has 0 atom stereocenters. The van der Waals surface area contributed by atoms with Gasteiger partial charge in [0.25, 0.3) is 0 Å². The highest BCUT2D eigenvalue weighted by molar-refractivity contribution is 5.89. The van der Waals surface area contributed by atoms with Gasteiger partial charge in [-0.2, -0.15) is 0 Å². The van der Waals surface area contributed by atoms with Gasteiger partial charge in [-0.15, -0.1) is 0 Å². The van der Waals surface area contributed by atoms with Crippen molar-refractivity contribution in [2.45, 2.75) is 12.8 Å². The monoisotopic (exact) mass is 203 g/mol. The lowest BCUT2D eigenvalue weighted by molar-refractivity contribution is -0.136. The molecule has 5 N–H and O–H groups in total. The zero-order valence-electron chi connectivity index (χ0n) is 7.06. The van der Waals surface area contributed by atoms with E-state index in [1.54, 1.807) is 0 Å². The third kappa shape index (κ3) is 4.10. The maximum absolute atomic E-state index is 10.3. The average molecular weight is 203 g/mol. The second-order valence-electron chi connectivity index (χ2n) is 2.46. The predicted octanol–water partition coefficient (Wildman–Crippen LogP) is -0.767. The molecule has 0 aliphatic heterocycles. The van der Waals surface area contributed by atoms with Crippen molar-refractivity contribution in [3.63, 3.8) is 0 Å². The van der Waals surface area contributed by atoms with E-state index in [9.17, 15) is 14.4 Å². The molecule has 0 aromatic rings. The minimum atomic E-state index is -1.53. The molecular formula is C7H9NO6. The SMILES string of the molecule is NC(C(=O)O)=C(CC(=O)O)CC(=O)O. The molecule has 0 aromatic heterocycles. The minimum Gasteiger partial charge on any atom is -0.481 e. The summed E-state index contributed by atoms with van der Waals surface area (Å²) in [6.07, 6.45) is -1.38. The molecule has 78 valence electrons. The lowest BCUT2D eigenvalue weighted by Crippen LogP contribution is -2.17. The van der Waals surface area contributed by atoms with Crippen LogP contribution in [0.15, 0.2) is 11.3 Å². The third-order valence-corrected chi connectivity index (χ3v) is 1.34. The van der Waals surface area contributed by atoms with Crippen LogP contribution in [0.25, 0.3) is 0 Å². The molecule has 0 aliphatic carbocycles. The van der Waals surface area contributed by atoms with Gasteiger partial charge in [-0.05, 0) is 5.57 Å². The normalized spacial score (nSPS) is 9.14. The molecule has 0 unspecified atom stereocenters. The zero-order chi connectivity index (χ0) is 11.3. The van der Waals surface area contributed by atoms with Crippen LogP contribution >= 0.6 is 0 Å². The summed E-state index contributed by atoms with van der Waals surface area (Å²) in [5.41, 5.74) is 3.96. The molecule has 7 heteroatoms. The van der Waals surface area contributed by atoms with Crippen LogP contribution in [0.2, 0.25) is 0 Å². The molecule has 0 fully saturated rings. The first kappa shape index (κ1) is 11.9. The fraction of sp³-hybridized carbons (Fsp3) is 0.286. The quantitative estimate of drug-likeness (QED) is 0.430. The van der Waals surface area contributed by atoms with Gasteiger partial charge in [0.1, 0.15) is 5.70 Å². The highest BCUT2D eigenvalue weighted by Gasteiger charge is 2.16. The first-order chi connectivity index (χ1) is 6.34. The van der Waals surface area contributed by atoms with Crippen molar-refractivity contribution in [1.29, 1.82) is 0 Å². The van der Waals surface area contributed by atoms with Gasteiger partial charge < -0.3 is 21.1 Å². The molecule has 0 bridgehead atoms. The van der Waals surface area contributed by atoms with Crippen molar-refractivity contribution in [3.05, 3.63) is 11.3 Å². The summed E-state index contributed by atoms with van der Waals surface area (Å²) in [6, 6.07) is 0. The Morgan fingerprint density at radius 2 is 1.29 bits per heavy atom. The van der Waals surface area contributed by atoms with Crippen LogP contribution in [0.1, 0.15) is 12.8 Å². The van der Waals surface area contributed by atoms with E-state index in [0.717, 1.165) is 0 Å². The zero-order valence-corrected chi connectivity index (χ0v) is 7.06. The predicted molar refractivity (Wildman–Crippen MR) is 43.4 cm³/mol. The molecule has 0 aromatic carbocycles. The maximum Gasteiger partial charge on any atom is 0.351 e. The Kier molecular flexibility index (Phi) is 4.14. The van der Waals surface area contributed by atoms with Crippen molar-refractivity contribution >= 4 is 17.9 Å². The number of hydrogen-bond donors (Lipinski definition) is 4. The van der Waals surface area contributed by atoms with Gasteiger partial charge in [0, 0.05) is 0 Å². The van der Waals surface area contributed by atoms with Crippen molar-refractivity contribution in [1.82, 2.24) is 0 Å². The Labute approximate surface area is 78.4 Å². The smallest absolute Gasteiger partial charge is 0.351 e. The molecule has 0 aliphatic rings. The number of hydrogen-bond acceptors (Lipinski definition) is 4. The van der Waals surface area contributed by atoms with Gasteiger partial charge in [-0.1, -0.05) is 0 Å². The van der Waals surface area contributed by atoms with Gasteiger partial charge in [0.15, 0.2) is 0 Å². The van der Waals surface area contributed by atoms with E-state index >= 15 is 0 Å². The summed E-state index contributed by atoms with van der Waals surface area (Å²) in [4.78, 5) is 30.8. The second kappa shape index (κ2) is 4.85. The highest BCUT2D eigenvalue weighted by Crippen LogP contribution is 2.10. The first-order valence-electron chi connectivity index (χ1n) is 3.49. The first-order valence-corrected chi connectivity index (χ1v) is 3.49. The van der Waals surface area contributed by atoms with Crippen molar-refractivity contribution in [2.75, 3.05) is 0 Å². The van der Waals surface area contributed by atoms with Crippen LogP contribution in [0.5, 0.6) is 0 Å². The molecule has 0 heterocycles. The summed E-state index contributed by atoms with van der Waals surface area (Å²) in [5.74, 6) is -4.18. The standard InChI is InChI=1S/C7H9NO6/c8-6(7(13)14)3(1-4(9)10)2-5(11)12/h1-2,8H2,(H,9,10)(H,11,12)(H,13,14). The Bertz CT molecular complexity index is 287. The third-order valence-electron chi connectivity index (χ3n) is 1.34. The van der Waals surface area contributed by atoms with Gasteiger partial charge in [0.2, 0.25) is 0 Å². The summed E-state index contributed by atoms with van der Waals surface area (Å²) in [7, 11) is 0. The Morgan fingerprint density at radius 3 is 1.50 bits per heavy atom. The van der Waals surface area contributed by atoms with E-state index < -0.39 is 36.4 Å². The summed E-state index contributed by atoms with van der Waals surface area (Å²) in [6.45, 7) is 0. The van der Waals surface area contributed by atoms with E-state index in [2.05, 4.69) is 0 Å². The molecule has 0 saturated heterocycles. The Balaban J connectivity index is 4.87. The van der Waals surface area contributed by atoms with Gasteiger partial charge in [-0.25, -0.2) is 4.79 Å². The lowest BCUT2D eigenvalue weighted by Gasteiger charge is -2.03. The number of nitrogens with two attached hydrogens (primary N) is 1. The summed E-state index contributed by atoms with van der Waals surface area (Å²) >= 11 is 0. The Hall–Kier alpha value is -2.05. The van der Waals surface area contributed by atoms with Crippen molar-refractivity contribution in [3.8, 4) is 0 Å². The number of aliphatic carboxylic acids is 3. The molecular weight excluding hydrogens is 194 g/mol. The molecule has 0 amide bonds. The second-order valence-corrected chi connectivity index (χ2v) is 2.46.